The van der Waals surface area contributed by atoms with Gasteiger partial charge < -0.3 is 4.74 Å². The van der Waals surface area contributed by atoms with Crippen LogP contribution in [0.5, 0.6) is 0 Å². The molecule has 246 valence electrons. The fourth-order valence-corrected chi connectivity index (χ4v) is 8.90. The van der Waals surface area contributed by atoms with E-state index >= 15 is 14.4 Å². The van der Waals surface area contributed by atoms with Gasteiger partial charge in [0.25, 0.3) is 0 Å². The average Bonchev–Trinajstić information content (AvgIpc) is 3.65. The number of amides is 2. The van der Waals surface area contributed by atoms with E-state index in [1.807, 2.05) is 60.7 Å². The second-order valence-electron chi connectivity index (χ2n) is 12.6. The number of anilines is 1. The first-order valence-corrected chi connectivity index (χ1v) is 17.1. The number of benzene rings is 5. The Balaban J connectivity index is 1.53. The lowest BCUT2D eigenvalue weighted by Gasteiger charge is -2.39. The molecular weight excluding hydrogens is 669 g/mol. The third-order valence-corrected chi connectivity index (χ3v) is 10.9. The molecule has 0 aromatic heterocycles. The van der Waals surface area contributed by atoms with Crippen LogP contribution in [0.4, 0.5) is 5.69 Å². The molecule has 2 fully saturated rings. The molecule has 8 rings (SSSR count). The van der Waals surface area contributed by atoms with Crippen molar-refractivity contribution in [3.05, 3.63) is 171 Å². The predicted molar refractivity (Wildman–Crippen MR) is 193 cm³/mol. The van der Waals surface area contributed by atoms with E-state index in [1.54, 1.807) is 73.7 Å². The monoisotopic (exact) mass is 697 g/mol. The maximum absolute atomic E-state index is 16.1. The lowest BCUT2D eigenvalue weighted by molar-refractivity contribution is -0.130. The molecule has 4 atom stereocenters. The summed E-state index contributed by atoms with van der Waals surface area (Å²) in [4.78, 5) is 61.0. The number of carbonyl (C=O) groups excluding carboxylic acids is 4. The molecule has 0 spiro atoms. The van der Waals surface area contributed by atoms with Crippen LogP contribution in [0.2, 0.25) is 10.0 Å². The van der Waals surface area contributed by atoms with Gasteiger partial charge in [-0.2, -0.15) is 0 Å². The van der Waals surface area contributed by atoms with Crippen LogP contribution < -0.4 is 4.90 Å². The predicted octanol–water partition coefficient (Wildman–Crippen LogP) is 8.36. The highest BCUT2D eigenvalue weighted by Gasteiger charge is 2.82. The molecule has 6 nitrogen and oxygen atoms in total. The summed E-state index contributed by atoms with van der Waals surface area (Å²) in [6, 6.07) is 39.5. The molecule has 1 saturated carbocycles. The summed E-state index contributed by atoms with van der Waals surface area (Å²) in [6.45, 7) is 1.80. The smallest absolute Gasteiger partial charge is 0.340 e. The van der Waals surface area contributed by atoms with Crippen LogP contribution in [0, 0.1) is 11.8 Å². The van der Waals surface area contributed by atoms with Crippen LogP contribution in [0.15, 0.2) is 133 Å². The molecule has 1 aliphatic heterocycles. The van der Waals surface area contributed by atoms with Crippen molar-refractivity contribution < 1.29 is 23.9 Å². The highest BCUT2D eigenvalue weighted by atomic mass is 35.5. The van der Waals surface area contributed by atoms with Gasteiger partial charge in [0.15, 0.2) is 5.78 Å². The first-order valence-electron chi connectivity index (χ1n) is 16.3. The van der Waals surface area contributed by atoms with Gasteiger partial charge in [0.05, 0.1) is 40.5 Å². The number of allylic oxidation sites excluding steroid dienone is 2. The van der Waals surface area contributed by atoms with Gasteiger partial charge in [0.2, 0.25) is 11.8 Å². The Labute approximate surface area is 298 Å². The summed E-state index contributed by atoms with van der Waals surface area (Å²) in [5.41, 5.74) is 0.822. The number of imide groups is 1. The largest absolute Gasteiger partial charge is 0.462 e. The topological polar surface area (TPSA) is 80.8 Å². The van der Waals surface area contributed by atoms with Gasteiger partial charge in [-0.25, -0.2) is 9.69 Å². The summed E-state index contributed by atoms with van der Waals surface area (Å²) in [5.74, 6) is -4.42. The first-order chi connectivity index (χ1) is 24.3. The van der Waals surface area contributed by atoms with E-state index < -0.39 is 40.4 Å². The number of carbonyl (C=O) groups is 4. The lowest BCUT2D eigenvalue weighted by Crippen LogP contribution is -2.46. The zero-order valence-corrected chi connectivity index (χ0v) is 28.3. The average molecular weight is 699 g/mol. The Hall–Kier alpha value is -5.30. The van der Waals surface area contributed by atoms with Crippen molar-refractivity contribution >= 4 is 63.6 Å². The number of nitrogens with zero attached hydrogens (tertiary/aromatic N) is 1. The minimum Gasteiger partial charge on any atom is -0.462 e. The van der Waals surface area contributed by atoms with Crippen molar-refractivity contribution in [3.63, 3.8) is 0 Å². The van der Waals surface area contributed by atoms with E-state index in [9.17, 15) is 4.79 Å². The molecule has 8 heteroatoms. The number of Topliss-reactive ketones (excluding diaryl/α,β-unsaturated/α-hetero) is 1. The second-order valence-corrected chi connectivity index (χ2v) is 13.5. The number of rotatable bonds is 7. The van der Waals surface area contributed by atoms with Crippen LogP contribution in [0.25, 0.3) is 11.1 Å². The van der Waals surface area contributed by atoms with E-state index in [1.165, 1.54) is 6.07 Å². The van der Waals surface area contributed by atoms with E-state index in [-0.39, 0.29) is 23.6 Å². The number of hydrogen-bond donors (Lipinski definition) is 0. The summed E-state index contributed by atoms with van der Waals surface area (Å²) >= 11 is 12.9. The lowest BCUT2D eigenvalue weighted by atomic mass is 9.59. The molecule has 3 aliphatic rings. The van der Waals surface area contributed by atoms with Gasteiger partial charge in [0.1, 0.15) is 0 Å². The summed E-state index contributed by atoms with van der Waals surface area (Å²) in [6.07, 6.45) is 0. The third-order valence-electron chi connectivity index (χ3n) is 10.4. The Kier molecular flexibility index (Phi) is 7.62. The number of ketones is 1. The summed E-state index contributed by atoms with van der Waals surface area (Å²) in [5, 5.41) is 0.919. The number of fused-ring (bicyclic) bond motifs is 5. The molecule has 5 aromatic carbocycles. The second kappa shape index (κ2) is 11.9. The quantitative estimate of drug-likeness (QED) is 0.126. The van der Waals surface area contributed by atoms with Gasteiger partial charge in [-0.1, -0.05) is 120 Å². The highest BCUT2D eigenvalue weighted by molar-refractivity contribution is 6.39. The van der Waals surface area contributed by atoms with Crippen molar-refractivity contribution in [2.45, 2.75) is 17.8 Å². The molecule has 0 radical (unpaired) electrons. The summed E-state index contributed by atoms with van der Waals surface area (Å²) < 4.78 is 5.34. The fraction of sp³-hybridized carbons (Fsp3) is 0.143. The molecule has 50 heavy (non-hydrogen) atoms. The van der Waals surface area contributed by atoms with Crippen molar-refractivity contribution in [2.24, 2.45) is 11.8 Å². The Morgan fingerprint density at radius 3 is 1.48 bits per heavy atom. The van der Waals surface area contributed by atoms with Crippen molar-refractivity contribution in [3.8, 4) is 0 Å². The number of esters is 1. The van der Waals surface area contributed by atoms with Crippen LogP contribution in [0.1, 0.15) is 39.5 Å². The van der Waals surface area contributed by atoms with Crippen LogP contribution in [-0.2, 0) is 30.0 Å². The third kappa shape index (κ3) is 4.22. The van der Waals surface area contributed by atoms with Gasteiger partial charge in [0, 0.05) is 10.0 Å². The van der Waals surface area contributed by atoms with E-state index in [0.717, 1.165) is 16.0 Å². The molecule has 2 amide bonds. The minimum absolute atomic E-state index is 0.0790. The molecule has 1 heterocycles. The molecule has 5 aromatic rings. The molecular formula is C42H29Cl2NO5. The Morgan fingerprint density at radius 2 is 1.04 bits per heavy atom. The van der Waals surface area contributed by atoms with E-state index in [2.05, 4.69) is 0 Å². The number of halogens is 2. The number of para-hydroxylation sites is 1. The summed E-state index contributed by atoms with van der Waals surface area (Å²) in [7, 11) is 0. The minimum atomic E-state index is -1.62. The van der Waals surface area contributed by atoms with Crippen LogP contribution in [0.3, 0.4) is 0 Å². The number of hydrogen-bond acceptors (Lipinski definition) is 5. The SMILES string of the molecule is CCOC(=O)c1ccccc1N1C(=O)[C@@H]2[C@H](C1=O)[C@@]1(c3ccc(Cl)cc3)C(=O)[C@@]2(c2ccc(Cl)cc2)C(c2ccccc2)=C1c1ccccc1. The number of ether oxygens (including phenoxy) is 1. The highest BCUT2D eigenvalue weighted by Crippen LogP contribution is 2.74. The zero-order chi connectivity index (χ0) is 34.8. The van der Waals surface area contributed by atoms with Gasteiger partial charge in [-0.3, -0.25) is 14.4 Å². The molecule has 2 aliphatic carbocycles. The normalized spacial score (nSPS) is 23.8. The van der Waals surface area contributed by atoms with Crippen molar-refractivity contribution in [1.82, 2.24) is 0 Å². The Bertz CT molecular complexity index is 2110. The van der Waals surface area contributed by atoms with Gasteiger partial charge in [-0.05, 0) is 76.7 Å². The van der Waals surface area contributed by atoms with Crippen LogP contribution in [-0.4, -0.2) is 30.2 Å². The standard InChI is InChI=1S/C42H29Cl2NO5/c1-2-50-39(48)31-15-9-10-16-32(31)45-37(46)35-36(38(45)47)42(28-19-23-30(44)24-20-28)34(26-13-7-4-8-14-26)33(25-11-5-3-6-12-25)41(35,40(42)49)27-17-21-29(43)22-18-27/h3-24,35-36H,2H2,1H3/t35-,36+,41-,42-/m0/s1. The van der Waals surface area contributed by atoms with E-state index in [0.29, 0.717) is 32.3 Å². The Morgan fingerprint density at radius 1 is 0.620 bits per heavy atom. The maximum Gasteiger partial charge on any atom is 0.340 e. The van der Waals surface area contributed by atoms with Gasteiger partial charge in [-0.15, -0.1) is 0 Å². The zero-order valence-electron chi connectivity index (χ0n) is 26.8. The van der Waals surface area contributed by atoms with Crippen molar-refractivity contribution in [2.75, 3.05) is 11.5 Å². The van der Waals surface area contributed by atoms with Crippen LogP contribution >= 0.6 is 23.2 Å². The maximum atomic E-state index is 16.1. The van der Waals surface area contributed by atoms with E-state index in [4.69, 9.17) is 27.9 Å². The molecule has 2 bridgehead atoms. The molecule has 0 N–H and O–H groups in total. The molecule has 0 unspecified atom stereocenters. The van der Waals surface area contributed by atoms with Gasteiger partial charge >= 0.3 is 5.97 Å². The molecule has 1 saturated heterocycles. The first kappa shape index (κ1) is 31.9. The fourth-order valence-electron chi connectivity index (χ4n) is 8.64. The van der Waals surface area contributed by atoms with Crippen molar-refractivity contribution in [1.29, 1.82) is 0 Å².